The van der Waals surface area contributed by atoms with E-state index in [1.165, 1.54) is 37.6 Å². The van der Waals surface area contributed by atoms with Crippen LogP contribution >= 0.6 is 0 Å². The largest absolute Gasteiger partial charge is 0.504 e. The van der Waals surface area contributed by atoms with E-state index in [1.54, 1.807) is 36.4 Å². The fraction of sp³-hybridized carbons (Fsp3) is 0.0952. The Morgan fingerprint density at radius 2 is 1.55 bits per heavy atom. The Hall–Kier alpha value is -3.52. The molecule has 0 unspecified atom stereocenters. The van der Waals surface area contributed by atoms with Crippen LogP contribution in [0.1, 0.15) is 11.1 Å². The first-order chi connectivity index (χ1) is 13.8. The Morgan fingerprint density at radius 3 is 2.14 bits per heavy atom. The lowest BCUT2D eigenvalue weighted by atomic mass is 10.2. The first-order valence-electron chi connectivity index (χ1n) is 8.62. The number of phenols is 2. The summed E-state index contributed by atoms with van der Waals surface area (Å²) in [6.45, 7) is 1.90. The highest BCUT2D eigenvalue weighted by Gasteiger charge is 2.17. The van der Waals surface area contributed by atoms with Gasteiger partial charge in [-0.25, -0.2) is 8.42 Å². The van der Waals surface area contributed by atoms with Gasteiger partial charge in [0.15, 0.2) is 11.5 Å². The molecule has 0 amide bonds. The van der Waals surface area contributed by atoms with Crippen molar-refractivity contribution in [2.24, 2.45) is 5.10 Å². The van der Waals surface area contributed by atoms with Gasteiger partial charge in [0.1, 0.15) is 0 Å². The molecule has 3 aromatic rings. The Labute approximate surface area is 168 Å². The standard InChI is InChI=1S/C21H20N2O5S/c1-14-3-7-17(8-4-14)29(26,27)18-9-5-16(6-10-18)23-22-13-15-11-19(24)21(25)20(12-15)28-2/h3-13,23-25H,1-2H3/b22-13+. The number of hydrogen-bond donors (Lipinski definition) is 3. The van der Waals surface area contributed by atoms with Crippen LogP contribution < -0.4 is 10.2 Å². The van der Waals surface area contributed by atoms with Crippen LogP contribution in [0, 0.1) is 6.92 Å². The maximum absolute atomic E-state index is 12.7. The highest BCUT2D eigenvalue weighted by molar-refractivity contribution is 7.91. The van der Waals surface area contributed by atoms with Gasteiger partial charge in [0, 0.05) is 5.56 Å². The predicted molar refractivity (Wildman–Crippen MR) is 111 cm³/mol. The maximum atomic E-state index is 12.7. The van der Waals surface area contributed by atoms with Gasteiger partial charge < -0.3 is 14.9 Å². The molecule has 3 rings (SSSR count). The molecular formula is C21H20N2O5S. The van der Waals surface area contributed by atoms with Crippen LogP contribution in [0.3, 0.4) is 0 Å². The molecule has 0 saturated heterocycles. The minimum Gasteiger partial charge on any atom is -0.504 e. The molecule has 29 heavy (non-hydrogen) atoms. The lowest BCUT2D eigenvalue weighted by Gasteiger charge is -2.07. The van der Waals surface area contributed by atoms with Crippen molar-refractivity contribution in [1.82, 2.24) is 0 Å². The molecular weight excluding hydrogens is 392 g/mol. The minimum absolute atomic E-state index is 0.122. The predicted octanol–water partition coefficient (Wildman–Crippen LogP) is 3.69. The van der Waals surface area contributed by atoms with Gasteiger partial charge in [-0.2, -0.15) is 5.10 Å². The van der Waals surface area contributed by atoms with Crippen LogP contribution in [0.25, 0.3) is 0 Å². The van der Waals surface area contributed by atoms with Gasteiger partial charge in [-0.1, -0.05) is 17.7 Å². The summed E-state index contributed by atoms with van der Waals surface area (Å²) in [7, 11) is -2.21. The molecule has 3 N–H and O–H groups in total. The van der Waals surface area contributed by atoms with Crippen LogP contribution in [0.5, 0.6) is 17.2 Å². The summed E-state index contributed by atoms with van der Waals surface area (Å²) < 4.78 is 30.3. The minimum atomic E-state index is -3.58. The number of nitrogens with one attached hydrogen (secondary N) is 1. The molecule has 8 heteroatoms. The van der Waals surface area contributed by atoms with Crippen molar-refractivity contribution >= 4 is 21.7 Å². The summed E-state index contributed by atoms with van der Waals surface area (Å²) in [5.74, 6) is -0.545. The quantitative estimate of drug-likeness (QED) is 0.324. The van der Waals surface area contributed by atoms with Crippen LogP contribution in [0.4, 0.5) is 5.69 Å². The lowest BCUT2D eigenvalue weighted by molar-refractivity contribution is 0.351. The van der Waals surface area contributed by atoms with Gasteiger partial charge in [-0.15, -0.1) is 0 Å². The fourth-order valence-electron chi connectivity index (χ4n) is 2.59. The number of aryl methyl sites for hydroxylation is 1. The van der Waals surface area contributed by atoms with E-state index in [1.807, 2.05) is 6.92 Å². The number of rotatable bonds is 6. The summed E-state index contributed by atoms with van der Waals surface area (Å²) in [4.78, 5) is 0.423. The summed E-state index contributed by atoms with van der Waals surface area (Å²) in [6, 6.07) is 15.7. The average molecular weight is 412 g/mol. The zero-order chi connectivity index (χ0) is 21.0. The highest BCUT2D eigenvalue weighted by Crippen LogP contribution is 2.35. The van der Waals surface area contributed by atoms with Crippen molar-refractivity contribution in [2.45, 2.75) is 16.7 Å². The maximum Gasteiger partial charge on any atom is 0.206 e. The van der Waals surface area contributed by atoms with E-state index in [2.05, 4.69) is 10.5 Å². The van der Waals surface area contributed by atoms with E-state index >= 15 is 0 Å². The van der Waals surface area contributed by atoms with E-state index < -0.39 is 9.84 Å². The number of benzene rings is 3. The third kappa shape index (κ3) is 4.49. The van der Waals surface area contributed by atoms with E-state index in [9.17, 15) is 18.6 Å². The lowest BCUT2D eigenvalue weighted by Crippen LogP contribution is -2.02. The molecule has 7 nitrogen and oxygen atoms in total. The molecule has 0 atom stereocenters. The molecule has 3 aromatic carbocycles. The van der Waals surface area contributed by atoms with Crippen molar-refractivity contribution in [3.63, 3.8) is 0 Å². The monoisotopic (exact) mass is 412 g/mol. The number of sulfone groups is 1. The molecule has 0 aliphatic heterocycles. The van der Waals surface area contributed by atoms with Gasteiger partial charge >= 0.3 is 0 Å². The second kappa shape index (κ2) is 8.24. The van der Waals surface area contributed by atoms with Crippen molar-refractivity contribution < 1.29 is 23.4 Å². The number of hydrazone groups is 1. The number of ether oxygens (including phenoxy) is 1. The molecule has 0 aliphatic rings. The molecule has 0 fully saturated rings. The number of hydrogen-bond acceptors (Lipinski definition) is 7. The SMILES string of the molecule is COc1cc(/C=N/Nc2ccc(S(=O)(=O)c3ccc(C)cc3)cc2)cc(O)c1O. The molecule has 0 heterocycles. The smallest absolute Gasteiger partial charge is 0.206 e. The average Bonchev–Trinajstić information content (AvgIpc) is 2.71. The molecule has 0 bridgehead atoms. The van der Waals surface area contributed by atoms with Crippen LogP contribution in [0.2, 0.25) is 0 Å². The van der Waals surface area contributed by atoms with E-state index in [0.29, 0.717) is 11.3 Å². The highest BCUT2D eigenvalue weighted by atomic mass is 32.2. The number of nitrogens with zero attached hydrogens (tertiary/aromatic N) is 1. The Kier molecular flexibility index (Phi) is 5.74. The Bertz CT molecular complexity index is 1140. The molecule has 0 spiro atoms. The Morgan fingerprint density at radius 1 is 0.966 bits per heavy atom. The first-order valence-corrected chi connectivity index (χ1v) is 10.1. The van der Waals surface area contributed by atoms with Crippen LogP contribution in [-0.2, 0) is 9.84 Å². The van der Waals surface area contributed by atoms with Crippen molar-refractivity contribution in [3.8, 4) is 17.2 Å². The zero-order valence-corrected chi connectivity index (χ0v) is 16.6. The second-order valence-electron chi connectivity index (χ2n) is 6.30. The van der Waals surface area contributed by atoms with Gasteiger partial charge in [0.25, 0.3) is 0 Å². The van der Waals surface area contributed by atoms with E-state index in [0.717, 1.165) is 5.56 Å². The molecule has 150 valence electrons. The van der Waals surface area contributed by atoms with Gasteiger partial charge in [0.05, 0.1) is 28.8 Å². The third-order valence-corrected chi connectivity index (χ3v) is 5.99. The summed E-state index contributed by atoms with van der Waals surface area (Å²) in [5, 5.41) is 23.3. The summed E-state index contributed by atoms with van der Waals surface area (Å²) in [6.07, 6.45) is 1.43. The zero-order valence-electron chi connectivity index (χ0n) is 15.8. The van der Waals surface area contributed by atoms with E-state index in [-0.39, 0.29) is 27.0 Å². The normalized spacial score (nSPS) is 11.5. The summed E-state index contributed by atoms with van der Waals surface area (Å²) >= 11 is 0. The van der Waals surface area contributed by atoms with Gasteiger partial charge in [-0.3, -0.25) is 5.43 Å². The number of methoxy groups -OCH3 is 1. The van der Waals surface area contributed by atoms with Crippen molar-refractivity contribution in [2.75, 3.05) is 12.5 Å². The topological polar surface area (TPSA) is 108 Å². The van der Waals surface area contributed by atoms with Crippen molar-refractivity contribution in [3.05, 3.63) is 71.8 Å². The molecule has 0 aliphatic carbocycles. The summed E-state index contributed by atoms with van der Waals surface area (Å²) in [5.41, 5.74) is 4.85. The molecule has 0 aromatic heterocycles. The number of aromatic hydroxyl groups is 2. The van der Waals surface area contributed by atoms with Crippen LogP contribution in [0.15, 0.2) is 75.6 Å². The van der Waals surface area contributed by atoms with E-state index in [4.69, 9.17) is 4.74 Å². The third-order valence-electron chi connectivity index (χ3n) is 4.20. The second-order valence-corrected chi connectivity index (χ2v) is 8.25. The first kappa shape index (κ1) is 20.2. The van der Waals surface area contributed by atoms with Crippen LogP contribution in [-0.4, -0.2) is 32.0 Å². The molecule has 0 radical (unpaired) electrons. The number of anilines is 1. The van der Waals surface area contributed by atoms with Crippen molar-refractivity contribution in [1.29, 1.82) is 0 Å². The Balaban J connectivity index is 1.73. The number of phenolic OH excluding ortho intramolecular Hbond substituents is 2. The van der Waals surface area contributed by atoms with Gasteiger partial charge in [0.2, 0.25) is 15.6 Å². The van der Waals surface area contributed by atoms with Gasteiger partial charge in [-0.05, 0) is 55.5 Å². The fourth-order valence-corrected chi connectivity index (χ4v) is 3.85. The molecule has 0 saturated carbocycles.